The number of aromatic carboxylic acids is 1. The van der Waals surface area contributed by atoms with Crippen molar-refractivity contribution in [1.29, 1.82) is 0 Å². The summed E-state index contributed by atoms with van der Waals surface area (Å²) in [4.78, 5) is 34.0. The van der Waals surface area contributed by atoms with E-state index in [-0.39, 0.29) is 26.9 Å². The summed E-state index contributed by atoms with van der Waals surface area (Å²) in [5.74, 6) is -1.13. The quantitative estimate of drug-likeness (QED) is 0.538. The number of anilines is 1. The van der Waals surface area contributed by atoms with Gasteiger partial charge in [0.15, 0.2) is 0 Å². The molecule has 25 heavy (non-hydrogen) atoms. The standard InChI is InChI=1S/C15H11N3O6S/c19-13-11-6-5-10(7-12(11)14(20)17-16-13)25(23,24)18-9-3-1-8(2-4-9)15(21)22/h1-7,18H,(H,16,19)(H,17,20)(H,21,22). The van der Waals surface area contributed by atoms with Crippen molar-refractivity contribution in [2.45, 2.75) is 4.90 Å². The number of hydrogen-bond acceptors (Lipinski definition) is 5. The van der Waals surface area contributed by atoms with E-state index >= 15 is 0 Å². The molecule has 0 atom stereocenters. The first-order valence-electron chi connectivity index (χ1n) is 6.89. The second kappa shape index (κ2) is 5.91. The Kier molecular flexibility index (Phi) is 3.89. The minimum Gasteiger partial charge on any atom is -0.478 e. The number of carbonyl (C=O) groups is 1. The van der Waals surface area contributed by atoms with Gasteiger partial charge in [-0.3, -0.25) is 24.5 Å². The van der Waals surface area contributed by atoms with Gasteiger partial charge in [-0.2, -0.15) is 0 Å². The minimum absolute atomic E-state index is 0.0133. The molecule has 0 unspecified atom stereocenters. The highest BCUT2D eigenvalue weighted by Gasteiger charge is 2.16. The van der Waals surface area contributed by atoms with E-state index in [1.165, 1.54) is 36.4 Å². The molecule has 0 saturated heterocycles. The van der Waals surface area contributed by atoms with E-state index < -0.39 is 27.1 Å². The van der Waals surface area contributed by atoms with Crippen LogP contribution in [0.1, 0.15) is 10.4 Å². The third-order valence-electron chi connectivity index (χ3n) is 3.46. The van der Waals surface area contributed by atoms with Gasteiger partial charge in [0, 0.05) is 5.69 Å². The fraction of sp³-hybridized carbons (Fsp3) is 0. The number of rotatable bonds is 4. The fourth-order valence-electron chi connectivity index (χ4n) is 2.22. The molecular weight excluding hydrogens is 350 g/mol. The number of aromatic nitrogens is 2. The number of carboxylic acids is 1. The zero-order chi connectivity index (χ0) is 18.2. The number of hydrogen-bond donors (Lipinski definition) is 4. The Hall–Kier alpha value is -3.40. The first-order valence-corrected chi connectivity index (χ1v) is 8.37. The van der Waals surface area contributed by atoms with Crippen molar-refractivity contribution in [2.24, 2.45) is 0 Å². The summed E-state index contributed by atoms with van der Waals surface area (Å²) in [6.45, 7) is 0. The molecule has 0 fully saturated rings. The lowest BCUT2D eigenvalue weighted by Crippen LogP contribution is -2.20. The molecule has 3 aromatic rings. The summed E-state index contributed by atoms with van der Waals surface area (Å²) in [5, 5.41) is 13.1. The first kappa shape index (κ1) is 16.5. The number of fused-ring (bicyclic) bond motifs is 1. The number of benzene rings is 2. The average Bonchev–Trinajstić information content (AvgIpc) is 2.58. The van der Waals surface area contributed by atoms with Crippen LogP contribution in [0.2, 0.25) is 0 Å². The largest absolute Gasteiger partial charge is 0.478 e. The maximum absolute atomic E-state index is 12.4. The van der Waals surface area contributed by atoms with Crippen molar-refractivity contribution in [3.8, 4) is 0 Å². The van der Waals surface area contributed by atoms with E-state index in [0.29, 0.717) is 0 Å². The average molecular weight is 361 g/mol. The van der Waals surface area contributed by atoms with E-state index in [1.807, 2.05) is 0 Å². The van der Waals surface area contributed by atoms with Crippen molar-refractivity contribution in [1.82, 2.24) is 10.2 Å². The van der Waals surface area contributed by atoms with Crippen LogP contribution in [0.3, 0.4) is 0 Å². The van der Waals surface area contributed by atoms with Gasteiger partial charge in [-0.1, -0.05) is 0 Å². The van der Waals surface area contributed by atoms with Gasteiger partial charge in [0.25, 0.3) is 21.1 Å². The van der Waals surface area contributed by atoms with Crippen LogP contribution in [0.4, 0.5) is 5.69 Å². The minimum atomic E-state index is -4.03. The molecule has 1 heterocycles. The molecule has 3 rings (SSSR count). The lowest BCUT2D eigenvalue weighted by molar-refractivity contribution is 0.0697. The molecule has 1 aromatic heterocycles. The van der Waals surface area contributed by atoms with E-state index in [9.17, 15) is 22.8 Å². The Morgan fingerprint density at radius 2 is 1.52 bits per heavy atom. The smallest absolute Gasteiger partial charge is 0.335 e. The van der Waals surface area contributed by atoms with Gasteiger partial charge in [0.2, 0.25) is 0 Å². The van der Waals surface area contributed by atoms with Gasteiger partial charge < -0.3 is 5.11 Å². The number of carboxylic acid groups (broad SMARTS) is 1. The monoisotopic (exact) mass is 361 g/mol. The summed E-state index contributed by atoms with van der Waals surface area (Å²) in [5.41, 5.74) is -1.00. The zero-order valence-corrected chi connectivity index (χ0v) is 13.3. The highest BCUT2D eigenvalue weighted by Crippen LogP contribution is 2.18. The highest BCUT2D eigenvalue weighted by molar-refractivity contribution is 7.92. The van der Waals surface area contributed by atoms with Crippen LogP contribution in [0.25, 0.3) is 10.8 Å². The second-order valence-electron chi connectivity index (χ2n) is 5.10. The molecular formula is C15H11N3O6S. The van der Waals surface area contributed by atoms with Crippen molar-refractivity contribution in [2.75, 3.05) is 4.72 Å². The predicted molar refractivity (Wildman–Crippen MR) is 89.4 cm³/mol. The molecule has 0 saturated carbocycles. The number of sulfonamides is 1. The maximum atomic E-state index is 12.4. The van der Waals surface area contributed by atoms with Crippen LogP contribution < -0.4 is 15.8 Å². The first-order chi connectivity index (χ1) is 11.8. The van der Waals surface area contributed by atoms with E-state index in [0.717, 1.165) is 6.07 Å². The molecule has 2 aromatic carbocycles. The van der Waals surface area contributed by atoms with Crippen LogP contribution in [-0.2, 0) is 10.0 Å². The molecule has 4 N–H and O–H groups in total. The summed E-state index contributed by atoms with van der Waals surface area (Å²) < 4.78 is 27.1. The van der Waals surface area contributed by atoms with Gasteiger partial charge in [-0.25, -0.2) is 13.2 Å². The summed E-state index contributed by atoms with van der Waals surface area (Å²) in [6, 6.07) is 8.66. The van der Waals surface area contributed by atoms with Crippen molar-refractivity contribution < 1.29 is 18.3 Å². The Morgan fingerprint density at radius 1 is 0.920 bits per heavy atom. The predicted octanol–water partition coefficient (Wildman–Crippen LogP) is 0.715. The molecule has 0 aliphatic rings. The van der Waals surface area contributed by atoms with E-state index in [4.69, 9.17) is 5.11 Å². The van der Waals surface area contributed by atoms with Crippen LogP contribution in [0.5, 0.6) is 0 Å². The molecule has 128 valence electrons. The van der Waals surface area contributed by atoms with Crippen molar-refractivity contribution >= 4 is 32.5 Å². The van der Waals surface area contributed by atoms with Gasteiger partial charge in [-0.15, -0.1) is 0 Å². The topological polar surface area (TPSA) is 149 Å². The Morgan fingerprint density at radius 3 is 2.12 bits per heavy atom. The molecule has 0 bridgehead atoms. The Labute approximate surface area is 140 Å². The van der Waals surface area contributed by atoms with Crippen LogP contribution in [0.15, 0.2) is 56.9 Å². The van der Waals surface area contributed by atoms with Crippen LogP contribution in [-0.4, -0.2) is 29.7 Å². The molecule has 0 aliphatic carbocycles. The van der Waals surface area contributed by atoms with Gasteiger partial charge >= 0.3 is 5.97 Å². The lowest BCUT2D eigenvalue weighted by Gasteiger charge is -2.09. The molecule has 0 radical (unpaired) electrons. The molecule has 0 amide bonds. The third kappa shape index (κ3) is 3.15. The molecule has 10 heteroatoms. The number of nitrogens with one attached hydrogen (secondary N) is 3. The van der Waals surface area contributed by atoms with Crippen LogP contribution in [0, 0.1) is 0 Å². The highest BCUT2D eigenvalue weighted by atomic mass is 32.2. The lowest BCUT2D eigenvalue weighted by atomic mass is 10.2. The van der Waals surface area contributed by atoms with E-state index in [1.54, 1.807) is 0 Å². The normalized spacial score (nSPS) is 11.4. The second-order valence-corrected chi connectivity index (χ2v) is 6.79. The third-order valence-corrected chi connectivity index (χ3v) is 4.84. The van der Waals surface area contributed by atoms with Crippen molar-refractivity contribution in [3.05, 3.63) is 68.7 Å². The Bertz CT molecular complexity index is 1190. The number of H-pyrrole nitrogens is 2. The fourth-order valence-corrected chi connectivity index (χ4v) is 3.30. The number of aromatic amines is 2. The summed E-state index contributed by atoms with van der Waals surface area (Å²) in [7, 11) is -4.03. The maximum Gasteiger partial charge on any atom is 0.335 e. The zero-order valence-electron chi connectivity index (χ0n) is 12.4. The molecule has 0 aliphatic heterocycles. The SMILES string of the molecule is O=C(O)c1ccc(NS(=O)(=O)c2ccc3c(=O)[nH][nH]c(=O)c3c2)cc1. The summed E-state index contributed by atoms with van der Waals surface area (Å²) in [6.07, 6.45) is 0. The molecule has 9 nitrogen and oxygen atoms in total. The van der Waals surface area contributed by atoms with E-state index in [2.05, 4.69) is 14.9 Å². The molecule has 0 spiro atoms. The van der Waals surface area contributed by atoms with Crippen molar-refractivity contribution in [3.63, 3.8) is 0 Å². The van der Waals surface area contributed by atoms with Gasteiger partial charge in [-0.05, 0) is 42.5 Å². The summed E-state index contributed by atoms with van der Waals surface area (Å²) >= 11 is 0. The van der Waals surface area contributed by atoms with Gasteiger partial charge in [0.1, 0.15) is 0 Å². The van der Waals surface area contributed by atoms with Crippen LogP contribution >= 0.6 is 0 Å². The Balaban J connectivity index is 2.01. The van der Waals surface area contributed by atoms with Gasteiger partial charge in [0.05, 0.1) is 21.2 Å².